The average molecular weight is 232 g/mol. The van der Waals surface area contributed by atoms with Gasteiger partial charge in [-0.3, -0.25) is 14.4 Å². The van der Waals surface area contributed by atoms with E-state index in [0.29, 0.717) is 6.42 Å². The lowest BCUT2D eigenvalue weighted by molar-refractivity contribution is -0.138. The summed E-state index contributed by atoms with van der Waals surface area (Å²) in [6.07, 6.45) is 0.457. The van der Waals surface area contributed by atoms with Crippen LogP contribution in [0.3, 0.4) is 0 Å². The van der Waals surface area contributed by atoms with E-state index in [-0.39, 0.29) is 18.6 Å². The van der Waals surface area contributed by atoms with Crippen molar-refractivity contribution in [3.63, 3.8) is 0 Å². The summed E-state index contributed by atoms with van der Waals surface area (Å²) >= 11 is 0. The molecule has 3 nitrogen and oxygen atoms in total. The number of aryl methyl sites for hydroxylation is 2. The smallest absolute Gasteiger partial charge is 0.205 e. The van der Waals surface area contributed by atoms with Crippen molar-refractivity contribution in [2.24, 2.45) is 0 Å². The molecule has 1 rings (SSSR count). The quantitative estimate of drug-likeness (QED) is 0.557. The van der Waals surface area contributed by atoms with Gasteiger partial charge in [-0.1, -0.05) is 24.3 Å². The Labute approximate surface area is 101 Å². The van der Waals surface area contributed by atoms with Crippen molar-refractivity contribution in [3.8, 4) is 0 Å². The highest BCUT2D eigenvalue weighted by Gasteiger charge is 2.15. The van der Waals surface area contributed by atoms with Crippen molar-refractivity contribution >= 4 is 17.3 Å². The van der Waals surface area contributed by atoms with Gasteiger partial charge >= 0.3 is 0 Å². The first-order chi connectivity index (χ1) is 8.00. The van der Waals surface area contributed by atoms with E-state index in [0.717, 1.165) is 11.1 Å². The third-order valence-electron chi connectivity index (χ3n) is 2.60. The highest BCUT2D eigenvalue weighted by atomic mass is 16.2. The van der Waals surface area contributed by atoms with Gasteiger partial charge in [0.1, 0.15) is 5.78 Å². The zero-order valence-electron chi connectivity index (χ0n) is 10.2. The summed E-state index contributed by atoms with van der Waals surface area (Å²) in [5.74, 6) is -1.30. The Morgan fingerprint density at radius 1 is 1.06 bits per heavy atom. The van der Waals surface area contributed by atoms with Gasteiger partial charge in [-0.15, -0.1) is 0 Å². The van der Waals surface area contributed by atoms with Gasteiger partial charge in [-0.2, -0.15) is 0 Å². The van der Waals surface area contributed by atoms with Gasteiger partial charge in [0.05, 0.1) is 6.42 Å². The third-order valence-corrected chi connectivity index (χ3v) is 2.60. The van der Waals surface area contributed by atoms with Crippen LogP contribution >= 0.6 is 0 Å². The minimum Gasteiger partial charge on any atom is -0.300 e. The predicted molar refractivity (Wildman–Crippen MR) is 64.8 cm³/mol. The number of carbonyl (C=O) groups excluding carboxylic acids is 3. The largest absolute Gasteiger partial charge is 0.300 e. The Morgan fingerprint density at radius 2 is 1.71 bits per heavy atom. The molecule has 0 bridgehead atoms. The van der Waals surface area contributed by atoms with E-state index >= 15 is 0 Å². The fourth-order valence-electron chi connectivity index (χ4n) is 1.60. The van der Waals surface area contributed by atoms with Crippen LogP contribution in [0, 0.1) is 6.92 Å². The number of rotatable bonds is 6. The van der Waals surface area contributed by atoms with Crippen LogP contribution in [0.4, 0.5) is 0 Å². The molecule has 0 atom stereocenters. The number of carbonyl (C=O) groups is 3. The Morgan fingerprint density at radius 3 is 2.29 bits per heavy atom. The normalized spacial score (nSPS) is 10.0. The Bertz CT molecular complexity index is 447. The van der Waals surface area contributed by atoms with Crippen LogP contribution in [-0.2, 0) is 20.8 Å². The van der Waals surface area contributed by atoms with Gasteiger partial charge in [-0.25, -0.2) is 0 Å². The number of benzene rings is 1. The van der Waals surface area contributed by atoms with E-state index < -0.39 is 11.6 Å². The van der Waals surface area contributed by atoms with Crippen molar-refractivity contribution in [3.05, 3.63) is 35.4 Å². The molecule has 1 aromatic carbocycles. The summed E-state index contributed by atoms with van der Waals surface area (Å²) in [6, 6.07) is 7.75. The van der Waals surface area contributed by atoms with Gasteiger partial charge in [-0.05, 0) is 31.4 Å². The highest BCUT2D eigenvalue weighted by molar-refractivity contribution is 6.40. The molecule has 0 heterocycles. The molecule has 0 saturated heterocycles. The topological polar surface area (TPSA) is 51.2 Å². The molecule has 0 aliphatic rings. The SMILES string of the molecule is CC(=O)CC(=O)C(=O)CCc1ccccc1C. The molecule has 0 saturated carbocycles. The van der Waals surface area contributed by atoms with Crippen LogP contribution in [0.15, 0.2) is 24.3 Å². The minimum absolute atomic E-state index is 0.178. The standard InChI is InChI=1S/C14H16O3/c1-10-5-3-4-6-12(10)7-8-13(16)14(17)9-11(2)15/h3-6H,7-9H2,1-2H3. The summed E-state index contributed by atoms with van der Waals surface area (Å²) in [5.41, 5.74) is 2.18. The molecule has 17 heavy (non-hydrogen) atoms. The molecule has 0 amide bonds. The fraction of sp³-hybridized carbons (Fsp3) is 0.357. The zero-order chi connectivity index (χ0) is 12.8. The van der Waals surface area contributed by atoms with Crippen molar-refractivity contribution in [2.45, 2.75) is 33.1 Å². The monoisotopic (exact) mass is 232 g/mol. The lowest BCUT2D eigenvalue weighted by Crippen LogP contribution is -2.17. The van der Waals surface area contributed by atoms with E-state index in [1.54, 1.807) is 0 Å². The second-order valence-corrected chi connectivity index (χ2v) is 4.15. The molecule has 90 valence electrons. The van der Waals surface area contributed by atoms with Gasteiger partial charge in [0.25, 0.3) is 0 Å². The maximum atomic E-state index is 11.5. The Hall–Kier alpha value is -1.77. The second-order valence-electron chi connectivity index (χ2n) is 4.15. The van der Waals surface area contributed by atoms with Crippen LogP contribution in [-0.4, -0.2) is 17.3 Å². The van der Waals surface area contributed by atoms with Gasteiger partial charge < -0.3 is 0 Å². The lowest BCUT2D eigenvalue weighted by atomic mass is 10.0. The van der Waals surface area contributed by atoms with Crippen LogP contribution in [0.1, 0.15) is 30.9 Å². The number of ketones is 3. The Balaban J connectivity index is 2.51. The van der Waals surface area contributed by atoms with Crippen molar-refractivity contribution in [1.82, 2.24) is 0 Å². The van der Waals surface area contributed by atoms with E-state index in [2.05, 4.69) is 0 Å². The molecule has 1 aromatic rings. The summed E-state index contributed by atoms with van der Waals surface area (Å²) in [7, 11) is 0. The first-order valence-corrected chi connectivity index (χ1v) is 5.60. The molecular formula is C14H16O3. The molecule has 3 heteroatoms. The molecule has 0 N–H and O–H groups in total. The summed E-state index contributed by atoms with van der Waals surface area (Å²) in [6.45, 7) is 3.28. The molecule has 0 aliphatic carbocycles. The summed E-state index contributed by atoms with van der Waals surface area (Å²) in [5, 5.41) is 0. The van der Waals surface area contributed by atoms with Crippen LogP contribution < -0.4 is 0 Å². The predicted octanol–water partition coefficient (Wildman–Crippen LogP) is 2.04. The number of hydrogen-bond donors (Lipinski definition) is 0. The molecule has 0 unspecified atom stereocenters. The first-order valence-electron chi connectivity index (χ1n) is 5.60. The maximum Gasteiger partial charge on any atom is 0.205 e. The average Bonchev–Trinajstić information content (AvgIpc) is 2.26. The number of Topliss-reactive ketones (excluding diaryl/α,β-unsaturated/α-hetero) is 3. The van der Waals surface area contributed by atoms with E-state index in [1.807, 2.05) is 31.2 Å². The first kappa shape index (κ1) is 13.3. The minimum atomic E-state index is -0.578. The molecule has 0 aromatic heterocycles. The Kier molecular flexibility index (Phi) is 4.76. The van der Waals surface area contributed by atoms with Gasteiger partial charge in [0.2, 0.25) is 5.78 Å². The molecule has 0 spiro atoms. The van der Waals surface area contributed by atoms with E-state index in [1.165, 1.54) is 6.92 Å². The van der Waals surface area contributed by atoms with Crippen LogP contribution in [0.5, 0.6) is 0 Å². The lowest BCUT2D eigenvalue weighted by Gasteiger charge is -2.03. The summed E-state index contributed by atoms with van der Waals surface area (Å²) < 4.78 is 0. The number of hydrogen-bond acceptors (Lipinski definition) is 3. The fourth-order valence-corrected chi connectivity index (χ4v) is 1.60. The molecule has 0 radical (unpaired) electrons. The van der Waals surface area contributed by atoms with Gasteiger partial charge in [0, 0.05) is 6.42 Å². The maximum absolute atomic E-state index is 11.5. The molecule has 0 aliphatic heterocycles. The van der Waals surface area contributed by atoms with Gasteiger partial charge in [0.15, 0.2) is 5.78 Å². The third kappa shape index (κ3) is 4.31. The van der Waals surface area contributed by atoms with Crippen LogP contribution in [0.25, 0.3) is 0 Å². The second kappa shape index (κ2) is 6.09. The van der Waals surface area contributed by atoms with E-state index in [9.17, 15) is 14.4 Å². The molecular weight excluding hydrogens is 216 g/mol. The summed E-state index contributed by atoms with van der Waals surface area (Å²) in [4.78, 5) is 33.5. The van der Waals surface area contributed by atoms with Crippen LogP contribution in [0.2, 0.25) is 0 Å². The van der Waals surface area contributed by atoms with Crippen molar-refractivity contribution in [2.75, 3.05) is 0 Å². The van der Waals surface area contributed by atoms with Crippen molar-refractivity contribution < 1.29 is 14.4 Å². The zero-order valence-corrected chi connectivity index (χ0v) is 10.2. The highest BCUT2D eigenvalue weighted by Crippen LogP contribution is 2.10. The van der Waals surface area contributed by atoms with Crippen molar-refractivity contribution in [1.29, 1.82) is 0 Å². The molecule has 0 fully saturated rings. The van der Waals surface area contributed by atoms with E-state index in [4.69, 9.17) is 0 Å².